The van der Waals surface area contributed by atoms with Gasteiger partial charge in [-0.15, -0.1) is 6.58 Å². The topological polar surface area (TPSA) is 37.1 Å². The van der Waals surface area contributed by atoms with Crippen molar-refractivity contribution < 1.29 is 8.42 Å². The summed E-state index contributed by atoms with van der Waals surface area (Å²) in [6.45, 7) is 7.46. The van der Waals surface area contributed by atoms with E-state index in [9.17, 15) is 8.42 Å². The second-order valence-corrected chi connectivity index (χ2v) is 5.96. The number of rotatable bonds is 3. The summed E-state index contributed by atoms with van der Waals surface area (Å²) in [6, 6.07) is 6.90. The first-order chi connectivity index (χ1) is 7.48. The van der Waals surface area contributed by atoms with E-state index in [-0.39, 0.29) is 12.1 Å². The Balaban J connectivity index is 2.34. The summed E-state index contributed by atoms with van der Waals surface area (Å²) in [5.41, 5.74) is 1.05. The number of benzene rings is 1. The van der Waals surface area contributed by atoms with Gasteiger partial charge in [-0.2, -0.15) is 4.31 Å². The van der Waals surface area contributed by atoms with E-state index in [1.165, 1.54) is 4.31 Å². The van der Waals surface area contributed by atoms with Crippen molar-refractivity contribution in [3.05, 3.63) is 42.5 Å². The number of nitrogens with zero attached hydrogens (tertiary/aromatic N) is 1. The zero-order chi connectivity index (χ0) is 11.9. The first-order valence-corrected chi connectivity index (χ1v) is 6.65. The highest BCUT2D eigenvalue weighted by Crippen LogP contribution is 2.35. The maximum atomic E-state index is 12.2. The Bertz CT molecular complexity index is 504. The van der Waals surface area contributed by atoms with E-state index in [4.69, 9.17) is 0 Å². The average molecular weight is 237 g/mol. The standard InChI is InChI=1S/C12H15NO2S/c1-4-12-10(3)13(12)16(14,15)11-7-5-9(2)6-8-11/h4-8,10,12H,1H2,2-3H3/t10-,12+,13?/m1/s1. The van der Waals surface area contributed by atoms with Crippen LogP contribution in [0.3, 0.4) is 0 Å². The summed E-state index contributed by atoms with van der Waals surface area (Å²) in [6.07, 6.45) is 1.68. The fourth-order valence-electron chi connectivity index (χ4n) is 1.86. The first kappa shape index (κ1) is 11.4. The van der Waals surface area contributed by atoms with Crippen molar-refractivity contribution in [3.8, 4) is 0 Å². The van der Waals surface area contributed by atoms with Crippen molar-refractivity contribution in [2.24, 2.45) is 0 Å². The maximum absolute atomic E-state index is 12.2. The first-order valence-electron chi connectivity index (χ1n) is 5.21. The van der Waals surface area contributed by atoms with Gasteiger partial charge in [-0.05, 0) is 26.0 Å². The monoisotopic (exact) mass is 237 g/mol. The summed E-state index contributed by atoms with van der Waals surface area (Å²) in [5.74, 6) is 0. The quantitative estimate of drug-likeness (QED) is 0.595. The lowest BCUT2D eigenvalue weighted by Gasteiger charge is -2.05. The second kappa shape index (κ2) is 3.71. The van der Waals surface area contributed by atoms with E-state index in [0.29, 0.717) is 4.90 Å². The molecular formula is C12H15NO2S. The van der Waals surface area contributed by atoms with Crippen LogP contribution in [0.5, 0.6) is 0 Å². The molecule has 4 heteroatoms. The third-order valence-corrected chi connectivity index (χ3v) is 4.94. The normalized spacial score (nSPS) is 28.8. The largest absolute Gasteiger partial charge is 0.243 e. The molecule has 3 nitrogen and oxygen atoms in total. The lowest BCUT2D eigenvalue weighted by Crippen LogP contribution is -2.15. The molecule has 0 radical (unpaired) electrons. The molecule has 0 saturated carbocycles. The molecule has 1 saturated heterocycles. The molecule has 0 bridgehead atoms. The zero-order valence-electron chi connectivity index (χ0n) is 9.42. The maximum Gasteiger partial charge on any atom is 0.243 e. The highest BCUT2D eigenvalue weighted by molar-refractivity contribution is 7.89. The van der Waals surface area contributed by atoms with Crippen LogP contribution in [0.1, 0.15) is 12.5 Å². The fourth-order valence-corrected chi connectivity index (χ4v) is 3.67. The molecule has 0 N–H and O–H groups in total. The smallest absolute Gasteiger partial charge is 0.207 e. The van der Waals surface area contributed by atoms with Crippen molar-refractivity contribution in [2.45, 2.75) is 30.8 Å². The van der Waals surface area contributed by atoms with Crippen LogP contribution in [0.4, 0.5) is 0 Å². The van der Waals surface area contributed by atoms with Crippen LogP contribution in [0.15, 0.2) is 41.8 Å². The minimum absolute atomic E-state index is 0.0313. The molecule has 1 aliphatic heterocycles. The molecule has 1 unspecified atom stereocenters. The lowest BCUT2D eigenvalue weighted by atomic mass is 10.2. The highest BCUT2D eigenvalue weighted by atomic mass is 32.2. The van der Waals surface area contributed by atoms with Gasteiger partial charge in [-0.3, -0.25) is 0 Å². The summed E-state index contributed by atoms with van der Waals surface area (Å²) >= 11 is 0. The van der Waals surface area contributed by atoms with E-state index >= 15 is 0 Å². The van der Waals surface area contributed by atoms with E-state index in [0.717, 1.165) is 5.56 Å². The van der Waals surface area contributed by atoms with Crippen LogP contribution < -0.4 is 0 Å². The average Bonchev–Trinajstić information content (AvgIpc) is 2.90. The molecule has 3 atom stereocenters. The number of hydrogen-bond acceptors (Lipinski definition) is 2. The van der Waals surface area contributed by atoms with Gasteiger partial charge in [0.2, 0.25) is 10.0 Å². The zero-order valence-corrected chi connectivity index (χ0v) is 10.2. The summed E-state index contributed by atoms with van der Waals surface area (Å²) in [5, 5.41) is 0. The fraction of sp³-hybridized carbons (Fsp3) is 0.333. The van der Waals surface area contributed by atoms with Crippen LogP contribution in [-0.4, -0.2) is 24.8 Å². The van der Waals surface area contributed by atoms with Crippen LogP contribution in [0.2, 0.25) is 0 Å². The third kappa shape index (κ3) is 1.68. The highest BCUT2D eigenvalue weighted by Gasteiger charge is 2.50. The molecule has 16 heavy (non-hydrogen) atoms. The van der Waals surface area contributed by atoms with Gasteiger partial charge in [-0.25, -0.2) is 8.42 Å². The van der Waals surface area contributed by atoms with Crippen LogP contribution in [-0.2, 0) is 10.0 Å². The predicted octanol–water partition coefficient (Wildman–Crippen LogP) is 1.94. The minimum Gasteiger partial charge on any atom is -0.207 e. The lowest BCUT2D eigenvalue weighted by molar-refractivity contribution is 0.552. The molecular weight excluding hydrogens is 222 g/mol. The van der Waals surface area contributed by atoms with Crippen molar-refractivity contribution in [2.75, 3.05) is 0 Å². The molecule has 1 aliphatic rings. The Morgan fingerprint density at radius 1 is 1.31 bits per heavy atom. The summed E-state index contributed by atoms with van der Waals surface area (Å²) in [7, 11) is -3.33. The Morgan fingerprint density at radius 3 is 2.31 bits per heavy atom. The molecule has 1 heterocycles. The van der Waals surface area contributed by atoms with Crippen molar-refractivity contribution in [1.29, 1.82) is 0 Å². The van der Waals surface area contributed by atoms with Gasteiger partial charge >= 0.3 is 0 Å². The molecule has 1 aromatic rings. The van der Waals surface area contributed by atoms with Gasteiger partial charge in [0.05, 0.1) is 10.9 Å². The molecule has 0 aliphatic carbocycles. The molecule has 86 valence electrons. The van der Waals surface area contributed by atoms with Gasteiger partial charge in [0.15, 0.2) is 0 Å². The van der Waals surface area contributed by atoms with Gasteiger partial charge < -0.3 is 0 Å². The molecule has 0 amide bonds. The summed E-state index contributed by atoms with van der Waals surface area (Å²) in [4.78, 5) is 0.356. The van der Waals surface area contributed by atoms with Gasteiger partial charge in [0.25, 0.3) is 0 Å². The molecule has 0 aromatic heterocycles. The van der Waals surface area contributed by atoms with E-state index in [1.54, 1.807) is 18.2 Å². The van der Waals surface area contributed by atoms with E-state index < -0.39 is 10.0 Å². The Labute approximate surface area is 96.4 Å². The van der Waals surface area contributed by atoms with Crippen molar-refractivity contribution >= 4 is 10.0 Å². The molecule has 0 spiro atoms. The molecule has 1 fully saturated rings. The van der Waals surface area contributed by atoms with Gasteiger partial charge in [0, 0.05) is 6.04 Å². The minimum atomic E-state index is -3.33. The molecule has 2 rings (SSSR count). The number of hydrogen-bond donors (Lipinski definition) is 0. The Morgan fingerprint density at radius 2 is 1.88 bits per heavy atom. The van der Waals surface area contributed by atoms with Crippen LogP contribution in [0, 0.1) is 6.92 Å². The third-order valence-electron chi connectivity index (χ3n) is 2.94. The number of aryl methyl sites for hydroxylation is 1. The van der Waals surface area contributed by atoms with Gasteiger partial charge in [0.1, 0.15) is 0 Å². The predicted molar refractivity (Wildman–Crippen MR) is 63.7 cm³/mol. The van der Waals surface area contributed by atoms with Crippen molar-refractivity contribution in [3.63, 3.8) is 0 Å². The van der Waals surface area contributed by atoms with E-state index in [2.05, 4.69) is 6.58 Å². The molecule has 1 aromatic carbocycles. The summed E-state index contributed by atoms with van der Waals surface area (Å²) < 4.78 is 25.8. The van der Waals surface area contributed by atoms with E-state index in [1.807, 2.05) is 26.0 Å². The Kier molecular flexibility index (Phi) is 2.64. The van der Waals surface area contributed by atoms with Crippen molar-refractivity contribution in [1.82, 2.24) is 4.31 Å². The Hall–Kier alpha value is -1.13. The van der Waals surface area contributed by atoms with Gasteiger partial charge in [-0.1, -0.05) is 23.8 Å². The SMILES string of the molecule is C=C[C@H]1[C@@H](C)N1S(=O)(=O)c1ccc(C)cc1. The van der Waals surface area contributed by atoms with Crippen LogP contribution in [0.25, 0.3) is 0 Å². The number of sulfonamides is 1. The van der Waals surface area contributed by atoms with Crippen LogP contribution >= 0.6 is 0 Å². The second-order valence-electron chi connectivity index (χ2n) is 4.11.